The maximum atomic E-state index is 4.69. The average molecular weight is 619 g/mol. The summed E-state index contributed by atoms with van der Waals surface area (Å²) in [5.41, 5.74) is 11.4. The summed E-state index contributed by atoms with van der Waals surface area (Å²) in [7, 11) is 0. The number of para-hydroxylation sites is 2. The van der Waals surface area contributed by atoms with Crippen LogP contribution in [0.1, 0.15) is 31.9 Å². The van der Waals surface area contributed by atoms with Crippen LogP contribution in [0.2, 0.25) is 0 Å². The molecule has 0 unspecified atom stereocenters. The third-order valence-electron chi connectivity index (χ3n) is 9.94. The molecule has 0 saturated carbocycles. The third kappa shape index (κ3) is 3.96. The van der Waals surface area contributed by atoms with Gasteiger partial charge in [0.1, 0.15) is 11.0 Å². The number of hydrogen-bond donors (Lipinski definition) is 0. The Morgan fingerprint density at radius 3 is 1.44 bits per heavy atom. The number of allylic oxidation sites excluding steroid dienone is 1. The van der Waals surface area contributed by atoms with Crippen LogP contribution in [0.15, 0.2) is 146 Å². The van der Waals surface area contributed by atoms with Crippen LogP contribution in [-0.4, -0.2) is 14.5 Å². The van der Waals surface area contributed by atoms with Crippen LogP contribution in [0.4, 0.5) is 17.1 Å². The van der Waals surface area contributed by atoms with Gasteiger partial charge in [0.25, 0.3) is 0 Å². The lowest BCUT2D eigenvalue weighted by Crippen LogP contribution is -2.30. The highest BCUT2D eigenvalue weighted by Gasteiger charge is 2.36. The summed E-state index contributed by atoms with van der Waals surface area (Å²) in [5.74, 6) is 0. The average Bonchev–Trinajstić information content (AvgIpc) is 3.45. The normalized spacial score (nSPS) is 13.5. The molecule has 230 valence electrons. The fourth-order valence-corrected chi connectivity index (χ4v) is 7.94. The fraction of sp³-hybridized carbons (Fsp3) is 0.0909. The summed E-state index contributed by atoms with van der Waals surface area (Å²) in [4.78, 5) is 11.8. The molecule has 0 saturated heterocycles. The monoisotopic (exact) mass is 618 g/mol. The van der Waals surface area contributed by atoms with E-state index in [0.717, 1.165) is 27.8 Å². The molecule has 0 radical (unpaired) electrons. The van der Waals surface area contributed by atoms with Crippen LogP contribution in [0.3, 0.4) is 0 Å². The maximum absolute atomic E-state index is 4.69. The van der Waals surface area contributed by atoms with Crippen molar-refractivity contribution < 1.29 is 0 Å². The Morgan fingerprint density at radius 2 is 0.979 bits per heavy atom. The minimum Gasteiger partial charge on any atom is -0.310 e. The quantitative estimate of drug-likeness (QED) is 0.143. The molecule has 0 spiro atoms. The number of rotatable bonds is 2. The molecule has 0 fully saturated rings. The Labute approximate surface area is 279 Å². The second-order valence-electron chi connectivity index (χ2n) is 13.1. The van der Waals surface area contributed by atoms with E-state index in [4.69, 9.17) is 9.97 Å². The van der Waals surface area contributed by atoms with Crippen molar-refractivity contribution in [1.29, 1.82) is 0 Å². The van der Waals surface area contributed by atoms with E-state index in [0.29, 0.717) is 0 Å². The van der Waals surface area contributed by atoms with Gasteiger partial charge >= 0.3 is 0 Å². The molecule has 6 aromatic carbocycles. The van der Waals surface area contributed by atoms with Crippen molar-refractivity contribution >= 4 is 71.4 Å². The first kappa shape index (κ1) is 28.2. The van der Waals surface area contributed by atoms with E-state index >= 15 is 0 Å². The maximum Gasteiger partial charge on any atom is 0.115 e. The highest BCUT2D eigenvalue weighted by Crippen LogP contribution is 2.52. The largest absolute Gasteiger partial charge is 0.310 e. The van der Waals surface area contributed by atoms with E-state index in [9.17, 15) is 0 Å². The molecule has 9 aromatic rings. The number of nitrogens with zero attached hydrogens (tertiary/aromatic N) is 4. The lowest BCUT2D eigenvalue weighted by atomic mass is 9.73. The number of anilines is 3. The molecule has 0 atom stereocenters. The second-order valence-corrected chi connectivity index (χ2v) is 13.1. The molecular weight excluding hydrogens is 585 g/mol. The molecule has 4 heteroatoms. The smallest absolute Gasteiger partial charge is 0.115 e. The van der Waals surface area contributed by atoms with E-state index in [2.05, 4.69) is 139 Å². The molecular formula is C44H34N4. The molecule has 0 bridgehead atoms. The van der Waals surface area contributed by atoms with Gasteiger partial charge in [-0.25, -0.2) is 0 Å². The van der Waals surface area contributed by atoms with Gasteiger partial charge < -0.3 is 9.47 Å². The zero-order chi connectivity index (χ0) is 32.6. The summed E-state index contributed by atoms with van der Waals surface area (Å²) in [5, 5.41) is 7.57. The first-order valence-corrected chi connectivity index (χ1v) is 16.5. The van der Waals surface area contributed by atoms with Crippen molar-refractivity contribution in [2.75, 3.05) is 4.90 Å². The highest BCUT2D eigenvalue weighted by molar-refractivity contribution is 6.24. The van der Waals surface area contributed by atoms with Crippen molar-refractivity contribution in [3.05, 3.63) is 158 Å². The molecule has 1 aliphatic heterocycles. The SMILES string of the molecule is C=CC.CC1(C)c2ccccc2N(c2cc3ccc4cc(-n5c6cccnc6c6ncccc65)cc5ccc(c2)c3c45)c2ccccc21. The molecule has 0 N–H and O–H groups in total. The van der Waals surface area contributed by atoms with Gasteiger partial charge in [0.15, 0.2) is 0 Å². The predicted molar refractivity (Wildman–Crippen MR) is 203 cm³/mol. The van der Waals surface area contributed by atoms with Crippen LogP contribution >= 0.6 is 0 Å². The Kier molecular flexibility index (Phi) is 6.18. The van der Waals surface area contributed by atoms with Gasteiger partial charge in [0, 0.05) is 29.2 Å². The van der Waals surface area contributed by atoms with Gasteiger partial charge in [-0.2, -0.15) is 0 Å². The van der Waals surface area contributed by atoms with Crippen LogP contribution in [0.5, 0.6) is 0 Å². The second kappa shape index (κ2) is 10.5. The van der Waals surface area contributed by atoms with Crippen molar-refractivity contribution in [1.82, 2.24) is 14.5 Å². The molecule has 10 rings (SSSR count). The standard InChI is InChI=1S/C41H28N4.C3H6/c1-41(2)31-9-3-5-11-33(31)44(34-12-6-4-10-32(34)41)29-21-25-15-17-27-23-30(24-28-18-16-26(22-29)37(25)38(27)28)45-35-13-7-19-42-39(35)40-36(45)14-8-20-43-40;1-3-2/h3-24H,1-2H3;3H,1H2,2H3. The van der Waals surface area contributed by atoms with Gasteiger partial charge in [-0.05, 0) is 111 Å². The molecule has 0 amide bonds. The van der Waals surface area contributed by atoms with E-state index in [1.165, 1.54) is 60.5 Å². The van der Waals surface area contributed by atoms with E-state index in [-0.39, 0.29) is 5.41 Å². The molecule has 0 aliphatic carbocycles. The lowest BCUT2D eigenvalue weighted by Gasteiger charge is -2.42. The minimum atomic E-state index is -0.0833. The molecule has 3 aromatic heterocycles. The summed E-state index contributed by atoms with van der Waals surface area (Å²) in [6.45, 7) is 9.92. The predicted octanol–water partition coefficient (Wildman–Crippen LogP) is 11.8. The van der Waals surface area contributed by atoms with Gasteiger partial charge in [-0.3, -0.25) is 9.97 Å². The van der Waals surface area contributed by atoms with Gasteiger partial charge in [0.05, 0.1) is 22.4 Å². The number of pyridine rings is 2. The summed E-state index contributed by atoms with van der Waals surface area (Å²) in [6.07, 6.45) is 5.44. The Balaban J connectivity index is 0.00000101. The topological polar surface area (TPSA) is 34.0 Å². The lowest BCUT2D eigenvalue weighted by molar-refractivity contribution is 0.632. The van der Waals surface area contributed by atoms with Crippen molar-refractivity contribution in [2.45, 2.75) is 26.2 Å². The molecule has 4 heterocycles. The number of aromatic nitrogens is 3. The van der Waals surface area contributed by atoms with Crippen LogP contribution < -0.4 is 4.90 Å². The number of fused-ring (bicyclic) bond motifs is 5. The number of benzene rings is 6. The first-order valence-electron chi connectivity index (χ1n) is 16.5. The Hall–Kier alpha value is -6.00. The van der Waals surface area contributed by atoms with Crippen molar-refractivity contribution in [2.24, 2.45) is 0 Å². The summed E-state index contributed by atoms with van der Waals surface area (Å²) >= 11 is 0. The van der Waals surface area contributed by atoms with E-state index in [1.54, 1.807) is 6.08 Å². The van der Waals surface area contributed by atoms with E-state index < -0.39 is 0 Å². The van der Waals surface area contributed by atoms with Crippen LogP contribution in [0, 0.1) is 0 Å². The minimum absolute atomic E-state index is 0.0833. The van der Waals surface area contributed by atoms with Gasteiger partial charge in [0.2, 0.25) is 0 Å². The Morgan fingerprint density at radius 1 is 0.562 bits per heavy atom. The molecule has 48 heavy (non-hydrogen) atoms. The Bertz CT molecular complexity index is 2530. The fourth-order valence-electron chi connectivity index (χ4n) is 7.94. The van der Waals surface area contributed by atoms with Crippen LogP contribution in [-0.2, 0) is 5.41 Å². The summed E-state index contributed by atoms with van der Waals surface area (Å²) < 4.78 is 2.30. The van der Waals surface area contributed by atoms with Crippen molar-refractivity contribution in [3.8, 4) is 5.69 Å². The van der Waals surface area contributed by atoms with Crippen LogP contribution in [0.25, 0.3) is 60.1 Å². The molecule has 1 aliphatic rings. The van der Waals surface area contributed by atoms with Gasteiger partial charge in [-0.1, -0.05) is 80.6 Å². The summed E-state index contributed by atoms with van der Waals surface area (Å²) in [6, 6.07) is 44.5. The zero-order valence-corrected chi connectivity index (χ0v) is 27.3. The third-order valence-corrected chi connectivity index (χ3v) is 9.94. The van der Waals surface area contributed by atoms with Gasteiger partial charge in [-0.15, -0.1) is 6.58 Å². The highest BCUT2D eigenvalue weighted by atomic mass is 15.2. The zero-order valence-electron chi connectivity index (χ0n) is 27.3. The number of hydrogen-bond acceptors (Lipinski definition) is 3. The molecule has 4 nitrogen and oxygen atoms in total. The van der Waals surface area contributed by atoms with Crippen molar-refractivity contribution in [3.63, 3.8) is 0 Å². The first-order chi connectivity index (χ1) is 23.5. The van der Waals surface area contributed by atoms with E-state index in [1.807, 2.05) is 31.5 Å².